The maximum Gasteiger partial charge on any atom is 0.323 e. The summed E-state index contributed by atoms with van der Waals surface area (Å²) in [6.45, 7) is 5.05. The second-order valence-corrected chi connectivity index (χ2v) is 7.16. The quantitative estimate of drug-likeness (QED) is 0.751. The lowest BCUT2D eigenvalue weighted by atomic mass is 9.96. The maximum atomic E-state index is 12.9. The molecule has 2 aromatic heterocycles. The molecule has 1 N–H and O–H groups in total. The number of amides is 2. The molecule has 8 nitrogen and oxygen atoms in total. The van der Waals surface area contributed by atoms with Gasteiger partial charge in [-0.15, -0.1) is 0 Å². The summed E-state index contributed by atoms with van der Waals surface area (Å²) in [6, 6.07) is 9.89. The van der Waals surface area contributed by atoms with Gasteiger partial charge in [-0.05, 0) is 25.3 Å². The molecule has 0 bridgehead atoms. The van der Waals surface area contributed by atoms with Gasteiger partial charge in [0.25, 0.3) is 0 Å². The van der Waals surface area contributed by atoms with Crippen molar-refractivity contribution in [1.29, 1.82) is 0 Å². The van der Waals surface area contributed by atoms with Crippen molar-refractivity contribution >= 4 is 11.8 Å². The van der Waals surface area contributed by atoms with Crippen LogP contribution in [0.15, 0.2) is 34.9 Å². The number of likely N-dealkylation sites (tertiary alicyclic amines) is 1. The summed E-state index contributed by atoms with van der Waals surface area (Å²) >= 11 is 0. The van der Waals surface area contributed by atoms with Crippen LogP contribution in [0.5, 0.6) is 0 Å². The number of piperidine rings is 1. The van der Waals surface area contributed by atoms with Crippen molar-refractivity contribution < 1.29 is 9.32 Å². The SMILES string of the molecule is Cc1nc(C2CCN(C(=O)Nc3c(-c4ccccc4)c(C)nn3C)CC2)no1. The van der Waals surface area contributed by atoms with Crippen molar-refractivity contribution in [3.63, 3.8) is 0 Å². The predicted molar refractivity (Wildman–Crippen MR) is 105 cm³/mol. The summed E-state index contributed by atoms with van der Waals surface area (Å²) in [5.41, 5.74) is 2.87. The third-order valence-corrected chi connectivity index (χ3v) is 5.20. The molecular formula is C20H24N6O2. The summed E-state index contributed by atoms with van der Waals surface area (Å²) in [4.78, 5) is 19.0. The maximum absolute atomic E-state index is 12.9. The van der Waals surface area contributed by atoms with E-state index in [0.717, 1.165) is 35.5 Å². The number of aryl methyl sites for hydroxylation is 3. The Morgan fingerprint density at radius 3 is 2.54 bits per heavy atom. The van der Waals surface area contributed by atoms with E-state index in [-0.39, 0.29) is 11.9 Å². The zero-order valence-electron chi connectivity index (χ0n) is 16.3. The molecule has 28 heavy (non-hydrogen) atoms. The Bertz CT molecular complexity index is 970. The second-order valence-electron chi connectivity index (χ2n) is 7.16. The van der Waals surface area contributed by atoms with E-state index < -0.39 is 0 Å². The van der Waals surface area contributed by atoms with E-state index in [0.29, 0.717) is 24.8 Å². The van der Waals surface area contributed by atoms with E-state index in [1.54, 1.807) is 11.6 Å². The Morgan fingerprint density at radius 2 is 1.89 bits per heavy atom. The first-order chi connectivity index (χ1) is 13.5. The van der Waals surface area contributed by atoms with Crippen molar-refractivity contribution in [3.8, 4) is 11.1 Å². The molecule has 0 unspecified atom stereocenters. The Morgan fingerprint density at radius 1 is 1.18 bits per heavy atom. The summed E-state index contributed by atoms with van der Waals surface area (Å²) in [5.74, 6) is 2.27. The van der Waals surface area contributed by atoms with E-state index in [1.807, 2.05) is 49.2 Å². The van der Waals surface area contributed by atoms with Crippen LogP contribution in [0.1, 0.15) is 36.2 Å². The lowest BCUT2D eigenvalue weighted by Gasteiger charge is -2.30. The largest absolute Gasteiger partial charge is 0.340 e. The van der Waals surface area contributed by atoms with Gasteiger partial charge < -0.3 is 9.42 Å². The van der Waals surface area contributed by atoms with Crippen molar-refractivity contribution in [3.05, 3.63) is 47.7 Å². The second kappa shape index (κ2) is 7.46. The predicted octanol–water partition coefficient (Wildman–Crippen LogP) is 3.50. The summed E-state index contributed by atoms with van der Waals surface area (Å²) in [5, 5.41) is 11.6. The van der Waals surface area contributed by atoms with Crippen LogP contribution in [0.4, 0.5) is 10.6 Å². The average Bonchev–Trinajstić information content (AvgIpc) is 3.25. The van der Waals surface area contributed by atoms with Crippen molar-refractivity contribution in [2.24, 2.45) is 7.05 Å². The van der Waals surface area contributed by atoms with Crippen molar-refractivity contribution in [1.82, 2.24) is 24.8 Å². The number of nitrogens with one attached hydrogen (secondary N) is 1. The van der Waals surface area contributed by atoms with Gasteiger partial charge in [0.05, 0.1) is 5.69 Å². The molecule has 8 heteroatoms. The highest BCUT2D eigenvalue weighted by Gasteiger charge is 2.28. The number of carbonyl (C=O) groups is 1. The molecule has 1 aliphatic rings. The van der Waals surface area contributed by atoms with Gasteiger partial charge in [-0.25, -0.2) is 4.79 Å². The molecule has 0 saturated carbocycles. The molecule has 1 saturated heterocycles. The Hall–Kier alpha value is -3.16. The zero-order chi connectivity index (χ0) is 19.7. The number of carbonyl (C=O) groups excluding carboxylic acids is 1. The van der Waals surface area contributed by atoms with E-state index in [9.17, 15) is 4.79 Å². The van der Waals surface area contributed by atoms with Gasteiger partial charge in [0, 0.05) is 38.5 Å². The van der Waals surface area contributed by atoms with Crippen LogP contribution in [0.3, 0.4) is 0 Å². The van der Waals surface area contributed by atoms with E-state index in [2.05, 4.69) is 20.6 Å². The third-order valence-electron chi connectivity index (χ3n) is 5.20. The minimum absolute atomic E-state index is 0.108. The number of hydrogen-bond donors (Lipinski definition) is 1. The smallest absolute Gasteiger partial charge is 0.323 e. The van der Waals surface area contributed by atoms with Crippen LogP contribution in [0.2, 0.25) is 0 Å². The van der Waals surface area contributed by atoms with Crippen LogP contribution in [0.25, 0.3) is 11.1 Å². The monoisotopic (exact) mass is 380 g/mol. The molecule has 1 aliphatic heterocycles. The van der Waals surface area contributed by atoms with Gasteiger partial charge >= 0.3 is 6.03 Å². The number of anilines is 1. The Balaban J connectivity index is 1.46. The number of benzene rings is 1. The normalized spacial score (nSPS) is 15.0. The van der Waals surface area contributed by atoms with Gasteiger partial charge in [0.1, 0.15) is 5.82 Å². The summed E-state index contributed by atoms with van der Waals surface area (Å²) < 4.78 is 6.80. The molecular weight excluding hydrogens is 356 g/mol. The van der Waals surface area contributed by atoms with E-state index in [1.165, 1.54) is 0 Å². The van der Waals surface area contributed by atoms with Gasteiger partial charge in [-0.3, -0.25) is 10.00 Å². The van der Waals surface area contributed by atoms with Crippen molar-refractivity contribution in [2.45, 2.75) is 32.6 Å². The third kappa shape index (κ3) is 3.49. The molecule has 3 aromatic rings. The number of nitrogens with zero attached hydrogens (tertiary/aromatic N) is 5. The number of aromatic nitrogens is 4. The van der Waals surface area contributed by atoms with E-state index >= 15 is 0 Å². The first-order valence-corrected chi connectivity index (χ1v) is 9.48. The minimum atomic E-state index is -0.108. The molecule has 3 heterocycles. The molecule has 2 amide bonds. The van der Waals surface area contributed by atoms with Crippen LogP contribution in [-0.4, -0.2) is 43.9 Å². The number of hydrogen-bond acceptors (Lipinski definition) is 5. The molecule has 1 aromatic carbocycles. The fourth-order valence-corrected chi connectivity index (χ4v) is 3.75. The molecule has 4 rings (SSSR count). The zero-order valence-corrected chi connectivity index (χ0v) is 16.3. The highest BCUT2D eigenvalue weighted by molar-refractivity contribution is 5.93. The van der Waals surface area contributed by atoms with Crippen LogP contribution in [0, 0.1) is 13.8 Å². The minimum Gasteiger partial charge on any atom is -0.340 e. The highest BCUT2D eigenvalue weighted by atomic mass is 16.5. The lowest BCUT2D eigenvalue weighted by Crippen LogP contribution is -2.41. The van der Waals surface area contributed by atoms with Crippen LogP contribution >= 0.6 is 0 Å². The lowest BCUT2D eigenvalue weighted by molar-refractivity contribution is 0.192. The summed E-state index contributed by atoms with van der Waals surface area (Å²) in [6.07, 6.45) is 1.64. The number of urea groups is 1. The standard InChI is InChI=1S/C20H24N6O2/c1-13-17(15-7-5-4-6-8-15)19(25(3)23-13)22-20(27)26-11-9-16(10-12-26)18-21-14(2)28-24-18/h4-8,16H,9-12H2,1-3H3,(H,22,27). The average molecular weight is 380 g/mol. The van der Waals surface area contributed by atoms with Gasteiger partial charge in [-0.1, -0.05) is 35.5 Å². The Kier molecular flexibility index (Phi) is 4.85. The molecule has 0 aliphatic carbocycles. The van der Waals surface area contributed by atoms with Gasteiger partial charge in [-0.2, -0.15) is 10.1 Å². The van der Waals surface area contributed by atoms with Crippen LogP contribution in [-0.2, 0) is 7.05 Å². The molecule has 0 spiro atoms. The fraction of sp³-hybridized carbons (Fsp3) is 0.400. The Labute approximate surface area is 163 Å². The van der Waals surface area contributed by atoms with Crippen LogP contribution < -0.4 is 5.32 Å². The van der Waals surface area contributed by atoms with Gasteiger partial charge in [0.15, 0.2) is 5.82 Å². The molecule has 1 fully saturated rings. The first kappa shape index (κ1) is 18.2. The first-order valence-electron chi connectivity index (χ1n) is 9.48. The topological polar surface area (TPSA) is 89.1 Å². The van der Waals surface area contributed by atoms with E-state index in [4.69, 9.17) is 4.52 Å². The number of rotatable bonds is 3. The van der Waals surface area contributed by atoms with Crippen molar-refractivity contribution in [2.75, 3.05) is 18.4 Å². The molecule has 0 atom stereocenters. The molecule has 0 radical (unpaired) electrons. The highest BCUT2D eigenvalue weighted by Crippen LogP contribution is 2.32. The fourth-order valence-electron chi connectivity index (χ4n) is 3.75. The van der Waals surface area contributed by atoms with Gasteiger partial charge in [0.2, 0.25) is 5.89 Å². The summed E-state index contributed by atoms with van der Waals surface area (Å²) in [7, 11) is 1.85. The molecule has 146 valence electrons.